The maximum absolute atomic E-state index is 12.6. The van der Waals surface area contributed by atoms with Crippen LogP contribution in [0.2, 0.25) is 10.0 Å². The summed E-state index contributed by atoms with van der Waals surface area (Å²) in [7, 11) is -2.65. The van der Waals surface area contributed by atoms with Crippen molar-refractivity contribution in [3.63, 3.8) is 0 Å². The number of nitrogens with two attached hydrogens (primary N) is 3. The minimum atomic E-state index is -1.36. The predicted molar refractivity (Wildman–Crippen MR) is 264 cm³/mol. The predicted octanol–water partition coefficient (Wildman–Crippen LogP) is 6.22. The number of amides is 1. The van der Waals surface area contributed by atoms with Crippen LogP contribution in [0.3, 0.4) is 0 Å². The molecule has 4 saturated heterocycles. The molecule has 0 aromatic carbocycles. The smallest absolute Gasteiger partial charge is 0.407 e. The van der Waals surface area contributed by atoms with Crippen LogP contribution in [-0.4, -0.2) is 126 Å². The maximum Gasteiger partial charge on any atom is 0.407 e. The number of piperidine rings is 2. The molecule has 8 rings (SSSR count). The summed E-state index contributed by atoms with van der Waals surface area (Å²) in [6.07, 6.45) is 12.6. The van der Waals surface area contributed by atoms with Gasteiger partial charge < -0.3 is 46.5 Å². The molecule has 1 amide bonds. The number of ether oxygens (including phenoxy) is 3. The highest BCUT2D eigenvalue weighted by Gasteiger charge is 2.51. The lowest BCUT2D eigenvalue weighted by Gasteiger charge is -2.43. The van der Waals surface area contributed by atoms with Crippen molar-refractivity contribution in [1.82, 2.24) is 35.2 Å². The molecule has 364 valence electrons. The first-order chi connectivity index (χ1) is 31.7. The zero-order valence-electron chi connectivity index (χ0n) is 38.5. The fourth-order valence-corrected chi connectivity index (χ4v) is 12.3. The van der Waals surface area contributed by atoms with Gasteiger partial charge in [0.1, 0.15) is 27.3 Å². The van der Waals surface area contributed by atoms with Crippen molar-refractivity contribution in [1.29, 1.82) is 0 Å². The fraction of sp³-hybridized carbons (Fsp3) is 0.558. The number of alkyl carbamates (subject to hydrolysis) is 1. The Labute approximate surface area is 414 Å². The average molecular weight is 1040 g/mol. The number of aromatic nitrogens is 6. The zero-order chi connectivity index (χ0) is 48.4. The number of carbonyl (C=O) groups is 1. The SMILES string of the molecule is C[C@@H]1OCC2(CCN(c3ncc(Sc4ccnc(N)c4Cl)nc3S(C)=O)CC2)[C@@H]1N.C[C@@H]1OCC2(CCN(c3ncc(Sc4ccnc(N)c4Cl)nc3S(C)=O)CC2)[C@@H]1NC(=O)OC(C)(C)C. The first kappa shape index (κ1) is 51.2. The molecular formula is C43H58Cl2N12O6S4. The summed E-state index contributed by atoms with van der Waals surface area (Å²) in [5.41, 5.74) is 17.2. The number of rotatable bonds is 9. The number of nitrogens with zero attached hydrogens (tertiary/aromatic N) is 8. The van der Waals surface area contributed by atoms with Crippen molar-refractivity contribution < 1.29 is 27.4 Å². The van der Waals surface area contributed by atoms with Gasteiger partial charge >= 0.3 is 6.09 Å². The lowest BCUT2D eigenvalue weighted by atomic mass is 9.73. The highest BCUT2D eigenvalue weighted by Crippen LogP contribution is 2.45. The molecule has 4 aliphatic rings. The second-order valence-electron chi connectivity index (χ2n) is 18.2. The summed E-state index contributed by atoms with van der Waals surface area (Å²) in [6.45, 7) is 13.7. The molecule has 2 spiro atoms. The summed E-state index contributed by atoms with van der Waals surface area (Å²) in [5, 5.41) is 5.83. The monoisotopic (exact) mass is 1040 g/mol. The molecule has 4 fully saturated rings. The third-order valence-corrected chi connectivity index (χ3v) is 17.1. The van der Waals surface area contributed by atoms with Crippen molar-refractivity contribution in [2.75, 3.05) is 73.2 Å². The summed E-state index contributed by atoms with van der Waals surface area (Å²) in [5.74, 6) is 1.76. The first-order valence-corrected chi connectivity index (χ1v) is 27.2. The molecule has 2 unspecified atom stereocenters. The van der Waals surface area contributed by atoms with E-state index in [1.165, 1.54) is 23.5 Å². The molecule has 6 atom stereocenters. The minimum absolute atomic E-state index is 0.0166. The molecule has 0 bridgehead atoms. The van der Waals surface area contributed by atoms with E-state index in [0.29, 0.717) is 73.0 Å². The van der Waals surface area contributed by atoms with Gasteiger partial charge in [0, 0.05) is 77.7 Å². The van der Waals surface area contributed by atoms with Gasteiger partial charge in [0.05, 0.1) is 75.5 Å². The molecule has 0 saturated carbocycles. The van der Waals surface area contributed by atoms with Crippen molar-refractivity contribution in [2.24, 2.45) is 16.6 Å². The Balaban J connectivity index is 0.000000203. The van der Waals surface area contributed by atoms with Crippen LogP contribution in [0.1, 0.15) is 60.3 Å². The van der Waals surface area contributed by atoms with Crippen molar-refractivity contribution in [2.45, 2.75) is 120 Å². The second-order valence-corrected chi connectivity index (χ2v) is 23.7. The van der Waals surface area contributed by atoms with E-state index < -0.39 is 33.3 Å². The highest BCUT2D eigenvalue weighted by molar-refractivity contribution is 7.99. The average Bonchev–Trinajstić information content (AvgIpc) is 3.73. The van der Waals surface area contributed by atoms with Gasteiger partial charge in [-0.15, -0.1) is 0 Å². The standard InChI is InChI=1S/C24H33ClN6O4S2.C19H25ClN6O2S2/c1-14-18(30-22(32)35-23(2,3)4)24(13-34-14)7-10-31(11-8-24)20-21(37(5)33)29-16(12-28-20)36-15-6-9-27-19(26)17(15)25;1-11-15(21)19(10-28-11)4-7-26(8-5-19)17-18(30(2)27)25-13(9-24-17)29-12-3-6-23-16(22)14(12)20/h6,9,12,14,18H,7-8,10-11,13H2,1-5H3,(H2,26,27)(H,30,32);3,6,9,11,15H,4-5,7-8,10,21H2,1-2H3,(H2,22,23)/t14-,18+,37?;11-,15+,30?/m00/s1. The molecular weight excluding hydrogens is 980 g/mol. The van der Waals surface area contributed by atoms with Gasteiger partial charge in [-0.25, -0.2) is 34.7 Å². The molecule has 67 heavy (non-hydrogen) atoms. The maximum atomic E-state index is 12.6. The van der Waals surface area contributed by atoms with Gasteiger partial charge in [-0.3, -0.25) is 8.42 Å². The van der Waals surface area contributed by atoms with Gasteiger partial charge in [-0.1, -0.05) is 46.7 Å². The van der Waals surface area contributed by atoms with E-state index in [-0.39, 0.29) is 46.8 Å². The Morgan fingerprint density at radius 1 is 0.776 bits per heavy atom. The topological polar surface area (TPSA) is 253 Å². The third-order valence-electron chi connectivity index (χ3n) is 12.5. The Morgan fingerprint density at radius 3 is 1.63 bits per heavy atom. The summed E-state index contributed by atoms with van der Waals surface area (Å²) in [4.78, 5) is 44.7. The first-order valence-electron chi connectivity index (χ1n) is 21.7. The van der Waals surface area contributed by atoms with Gasteiger partial charge in [0.2, 0.25) is 0 Å². The van der Waals surface area contributed by atoms with Gasteiger partial charge in [-0.2, -0.15) is 0 Å². The van der Waals surface area contributed by atoms with Crippen LogP contribution in [0.4, 0.5) is 28.1 Å². The van der Waals surface area contributed by atoms with Crippen LogP contribution in [0.5, 0.6) is 0 Å². The fourth-order valence-electron chi connectivity index (χ4n) is 8.83. The van der Waals surface area contributed by atoms with Crippen LogP contribution in [0, 0.1) is 10.8 Å². The largest absolute Gasteiger partial charge is 0.444 e. The minimum Gasteiger partial charge on any atom is -0.444 e. The number of hydrogen-bond donors (Lipinski definition) is 4. The zero-order valence-corrected chi connectivity index (χ0v) is 43.3. The second kappa shape index (κ2) is 21.2. The van der Waals surface area contributed by atoms with Gasteiger partial charge in [-0.05, 0) is 72.4 Å². The lowest BCUT2D eigenvalue weighted by molar-refractivity contribution is 0.0434. The summed E-state index contributed by atoms with van der Waals surface area (Å²) in [6, 6.07) is 3.39. The normalized spacial score (nSPS) is 23.1. The quantitative estimate of drug-likeness (QED) is 0.145. The van der Waals surface area contributed by atoms with E-state index in [4.69, 9.17) is 54.6 Å². The molecule has 18 nitrogen and oxygen atoms in total. The van der Waals surface area contributed by atoms with Crippen LogP contribution in [-0.2, 0) is 35.8 Å². The molecule has 8 heterocycles. The Bertz CT molecular complexity index is 2490. The number of hydrogen-bond acceptors (Lipinski definition) is 19. The number of pyridine rings is 2. The van der Waals surface area contributed by atoms with E-state index in [1.807, 2.05) is 34.6 Å². The Morgan fingerprint density at radius 2 is 1.21 bits per heavy atom. The van der Waals surface area contributed by atoms with Crippen molar-refractivity contribution >= 4 is 97.7 Å². The van der Waals surface area contributed by atoms with Crippen molar-refractivity contribution in [3.8, 4) is 0 Å². The van der Waals surface area contributed by atoms with Crippen LogP contribution >= 0.6 is 46.7 Å². The van der Waals surface area contributed by atoms with Gasteiger partial charge in [0.25, 0.3) is 0 Å². The molecule has 7 N–H and O–H groups in total. The van der Waals surface area contributed by atoms with Crippen LogP contribution in [0.15, 0.2) is 66.8 Å². The van der Waals surface area contributed by atoms with E-state index in [2.05, 4.69) is 45.0 Å². The van der Waals surface area contributed by atoms with Crippen LogP contribution < -0.4 is 32.3 Å². The molecule has 4 aromatic heterocycles. The number of nitrogens with one attached hydrogen (secondary N) is 1. The Kier molecular flexibility index (Phi) is 16.2. The highest BCUT2D eigenvalue weighted by atomic mass is 35.5. The van der Waals surface area contributed by atoms with Gasteiger partial charge in [0.15, 0.2) is 21.7 Å². The number of halogens is 2. The molecule has 4 aromatic rings. The third kappa shape index (κ3) is 11.7. The molecule has 4 aliphatic heterocycles. The summed E-state index contributed by atoms with van der Waals surface area (Å²) < 4.78 is 42.4. The van der Waals surface area contributed by atoms with Crippen LogP contribution in [0.25, 0.3) is 0 Å². The van der Waals surface area contributed by atoms with E-state index in [0.717, 1.165) is 43.7 Å². The molecule has 24 heteroatoms. The van der Waals surface area contributed by atoms with E-state index >= 15 is 0 Å². The summed E-state index contributed by atoms with van der Waals surface area (Å²) >= 11 is 15.1. The molecule has 0 radical (unpaired) electrons. The number of nitrogen functional groups attached to an aromatic ring is 2. The van der Waals surface area contributed by atoms with E-state index in [1.54, 1.807) is 49.4 Å². The van der Waals surface area contributed by atoms with E-state index in [9.17, 15) is 13.2 Å². The molecule has 0 aliphatic carbocycles. The number of carbonyl (C=O) groups excluding carboxylic acids is 1. The number of anilines is 4. The van der Waals surface area contributed by atoms with Crippen molar-refractivity contribution in [3.05, 3.63) is 47.0 Å². The Hall–Kier alpha value is -3.61. The lowest BCUT2D eigenvalue weighted by Crippen LogP contribution is -2.55.